The van der Waals surface area contributed by atoms with Gasteiger partial charge in [-0.2, -0.15) is 0 Å². The molecule has 0 amide bonds. The third kappa shape index (κ3) is 1.94. The van der Waals surface area contributed by atoms with Crippen molar-refractivity contribution in [2.45, 2.75) is 64.0 Å². The molecule has 0 heterocycles. The lowest BCUT2D eigenvalue weighted by atomic mass is 9.52. The van der Waals surface area contributed by atoms with E-state index in [0.29, 0.717) is 5.92 Å². The first-order valence-electron chi connectivity index (χ1n) is 6.57. The number of nitrogens with two attached hydrogens (primary N) is 1. The highest BCUT2D eigenvalue weighted by molar-refractivity contribution is 5.09. The Kier molecular flexibility index (Phi) is 3.09. The van der Waals surface area contributed by atoms with Gasteiger partial charge >= 0.3 is 0 Å². The molecular formula is C13H25NO. The predicted molar refractivity (Wildman–Crippen MR) is 62.4 cm³/mol. The molecule has 4 fully saturated rings. The Hall–Kier alpha value is -0.0800. The average Bonchev–Trinajstić information content (AvgIpc) is 2.13. The lowest BCUT2D eigenvalue weighted by Gasteiger charge is -2.57. The van der Waals surface area contributed by atoms with E-state index in [0.717, 1.165) is 24.7 Å². The summed E-state index contributed by atoms with van der Waals surface area (Å²) < 4.78 is 0. The molecule has 0 aromatic rings. The average molecular weight is 211 g/mol. The van der Waals surface area contributed by atoms with Crippen LogP contribution in [0.2, 0.25) is 0 Å². The Bertz CT molecular complexity index is 215. The Morgan fingerprint density at radius 2 is 1.60 bits per heavy atom. The van der Waals surface area contributed by atoms with Crippen molar-refractivity contribution in [2.75, 3.05) is 0 Å². The van der Waals surface area contributed by atoms with E-state index in [-0.39, 0.29) is 6.04 Å². The molecule has 0 aromatic heterocycles. The fourth-order valence-corrected chi connectivity index (χ4v) is 4.04. The van der Waals surface area contributed by atoms with Crippen molar-refractivity contribution in [3.05, 3.63) is 0 Å². The van der Waals surface area contributed by atoms with Crippen molar-refractivity contribution < 1.29 is 5.11 Å². The second-order valence-electron chi connectivity index (χ2n) is 5.94. The minimum atomic E-state index is -0.464. The standard InChI is InChI=1S/C10H17NO.C3H8/c11-9-8-2-6-1-7(3-8)5-10(9,12)4-6;1-3-2/h6-9,12H,1-5,11H2;3H2,1-2H3. The van der Waals surface area contributed by atoms with Crippen molar-refractivity contribution in [2.24, 2.45) is 23.5 Å². The Morgan fingerprint density at radius 3 is 2.00 bits per heavy atom. The van der Waals surface area contributed by atoms with E-state index in [1.807, 2.05) is 0 Å². The molecule has 0 saturated heterocycles. The summed E-state index contributed by atoms with van der Waals surface area (Å²) in [6.07, 6.45) is 7.17. The monoisotopic (exact) mass is 211 g/mol. The van der Waals surface area contributed by atoms with Crippen molar-refractivity contribution in [1.29, 1.82) is 0 Å². The van der Waals surface area contributed by atoms with Gasteiger partial charge in [0.15, 0.2) is 0 Å². The molecule has 4 saturated carbocycles. The summed E-state index contributed by atoms with van der Waals surface area (Å²) >= 11 is 0. The van der Waals surface area contributed by atoms with E-state index in [1.54, 1.807) is 0 Å². The molecule has 0 aliphatic heterocycles. The number of hydrogen-bond acceptors (Lipinski definition) is 2. The summed E-state index contributed by atoms with van der Waals surface area (Å²) in [5.74, 6) is 2.24. The van der Waals surface area contributed by atoms with Crippen LogP contribution in [-0.2, 0) is 0 Å². The van der Waals surface area contributed by atoms with Gasteiger partial charge in [-0.15, -0.1) is 0 Å². The van der Waals surface area contributed by atoms with Crippen LogP contribution in [0.25, 0.3) is 0 Å². The van der Waals surface area contributed by atoms with E-state index in [1.165, 1.54) is 25.7 Å². The quantitative estimate of drug-likeness (QED) is 0.646. The summed E-state index contributed by atoms with van der Waals surface area (Å²) in [5.41, 5.74) is 5.59. The highest BCUT2D eigenvalue weighted by Crippen LogP contribution is 2.54. The topological polar surface area (TPSA) is 46.2 Å². The molecule has 4 aliphatic carbocycles. The maximum absolute atomic E-state index is 10.2. The highest BCUT2D eigenvalue weighted by Gasteiger charge is 2.54. The molecule has 4 bridgehead atoms. The maximum Gasteiger partial charge on any atom is 0.0805 e. The molecule has 4 rings (SSSR count). The number of rotatable bonds is 0. The Balaban J connectivity index is 0.000000258. The first-order chi connectivity index (χ1) is 7.09. The Morgan fingerprint density at radius 1 is 1.13 bits per heavy atom. The molecule has 3 unspecified atom stereocenters. The molecule has 0 spiro atoms. The molecule has 88 valence electrons. The van der Waals surface area contributed by atoms with Gasteiger partial charge in [-0.05, 0) is 49.9 Å². The molecule has 0 radical (unpaired) electrons. The van der Waals surface area contributed by atoms with Crippen LogP contribution in [0, 0.1) is 17.8 Å². The van der Waals surface area contributed by atoms with Crippen molar-refractivity contribution in [1.82, 2.24) is 0 Å². The molecule has 2 heteroatoms. The third-order valence-electron chi connectivity index (χ3n) is 4.35. The van der Waals surface area contributed by atoms with Crippen LogP contribution >= 0.6 is 0 Å². The molecule has 3 N–H and O–H groups in total. The van der Waals surface area contributed by atoms with Gasteiger partial charge in [0, 0.05) is 6.04 Å². The largest absolute Gasteiger partial charge is 0.388 e. The van der Waals surface area contributed by atoms with Crippen LogP contribution in [0.5, 0.6) is 0 Å². The summed E-state index contributed by atoms with van der Waals surface area (Å²) in [6, 6.07) is 0.0882. The molecule has 3 atom stereocenters. The van der Waals surface area contributed by atoms with Gasteiger partial charge in [-0.1, -0.05) is 20.3 Å². The molecule has 4 aliphatic rings. The predicted octanol–water partition coefficient (Wildman–Crippen LogP) is 2.30. The SMILES string of the molecule is CCC.NC1C2CC3CC(C2)CC1(O)C3. The van der Waals surface area contributed by atoms with Crippen molar-refractivity contribution in [3.63, 3.8) is 0 Å². The Labute approximate surface area is 93.2 Å². The minimum absolute atomic E-state index is 0.0882. The molecule has 2 nitrogen and oxygen atoms in total. The van der Waals surface area contributed by atoms with Gasteiger partial charge in [-0.3, -0.25) is 0 Å². The van der Waals surface area contributed by atoms with E-state index in [2.05, 4.69) is 13.8 Å². The first kappa shape index (κ1) is 11.4. The first-order valence-corrected chi connectivity index (χ1v) is 6.57. The summed E-state index contributed by atoms with van der Waals surface area (Å²) in [5, 5.41) is 10.2. The normalized spacial score (nSPS) is 51.2. The lowest BCUT2D eigenvalue weighted by molar-refractivity contribution is -0.139. The van der Waals surface area contributed by atoms with E-state index >= 15 is 0 Å². The van der Waals surface area contributed by atoms with Crippen molar-refractivity contribution in [3.8, 4) is 0 Å². The zero-order chi connectivity index (χ0) is 11.1. The third-order valence-corrected chi connectivity index (χ3v) is 4.35. The number of aliphatic hydroxyl groups is 1. The van der Waals surface area contributed by atoms with Crippen molar-refractivity contribution >= 4 is 0 Å². The van der Waals surface area contributed by atoms with Gasteiger partial charge < -0.3 is 10.8 Å². The van der Waals surface area contributed by atoms with Gasteiger partial charge in [0.2, 0.25) is 0 Å². The highest BCUT2D eigenvalue weighted by atomic mass is 16.3. The van der Waals surface area contributed by atoms with Crippen LogP contribution < -0.4 is 5.73 Å². The molecular weight excluding hydrogens is 186 g/mol. The van der Waals surface area contributed by atoms with Crippen LogP contribution in [0.15, 0.2) is 0 Å². The maximum atomic E-state index is 10.2. The zero-order valence-electron chi connectivity index (χ0n) is 10.1. The fourth-order valence-electron chi connectivity index (χ4n) is 4.04. The molecule has 15 heavy (non-hydrogen) atoms. The van der Waals surface area contributed by atoms with Crippen LogP contribution in [0.1, 0.15) is 52.4 Å². The van der Waals surface area contributed by atoms with Crippen LogP contribution in [-0.4, -0.2) is 16.7 Å². The molecule has 0 aromatic carbocycles. The summed E-state index contributed by atoms with van der Waals surface area (Å²) in [4.78, 5) is 0. The van der Waals surface area contributed by atoms with E-state index in [4.69, 9.17) is 5.73 Å². The second-order valence-corrected chi connectivity index (χ2v) is 5.94. The smallest absolute Gasteiger partial charge is 0.0805 e. The van der Waals surface area contributed by atoms with Gasteiger partial charge in [0.1, 0.15) is 0 Å². The van der Waals surface area contributed by atoms with Gasteiger partial charge in [-0.25, -0.2) is 0 Å². The minimum Gasteiger partial charge on any atom is -0.388 e. The summed E-state index contributed by atoms with van der Waals surface area (Å²) in [7, 11) is 0. The second kappa shape index (κ2) is 4.06. The van der Waals surface area contributed by atoms with Crippen LogP contribution in [0.4, 0.5) is 0 Å². The fraction of sp³-hybridized carbons (Fsp3) is 1.00. The van der Waals surface area contributed by atoms with E-state index < -0.39 is 5.60 Å². The zero-order valence-corrected chi connectivity index (χ0v) is 10.1. The van der Waals surface area contributed by atoms with Gasteiger partial charge in [0.05, 0.1) is 5.60 Å². The number of hydrogen-bond donors (Lipinski definition) is 2. The van der Waals surface area contributed by atoms with Crippen LogP contribution in [0.3, 0.4) is 0 Å². The summed E-state index contributed by atoms with van der Waals surface area (Å²) in [6.45, 7) is 4.25. The lowest BCUT2D eigenvalue weighted by Crippen LogP contribution is -2.63. The van der Waals surface area contributed by atoms with Gasteiger partial charge in [0.25, 0.3) is 0 Å². The van der Waals surface area contributed by atoms with E-state index in [9.17, 15) is 5.11 Å².